The standard InChI is InChI=1S/C23H18N2O6/c1-2-23(30)16-9-18-20-13(10-25(18)21(28)15(16)11-31-22(23)29)8-14-12(6-7-19(26)27)4-3-5-17(14)24-20/h3-9,30H,2,10-11H2,1H3,(H,26,27)/t23-/m0/s1. The Hall–Kier alpha value is -3.78. The second-order valence-corrected chi connectivity index (χ2v) is 7.68. The van der Waals surface area contributed by atoms with Gasteiger partial charge in [-0.1, -0.05) is 19.1 Å². The lowest BCUT2D eigenvalue weighted by Gasteiger charge is -2.31. The lowest BCUT2D eigenvalue weighted by atomic mass is 9.86. The number of carbonyl (C=O) groups is 2. The molecule has 2 aromatic heterocycles. The number of pyridine rings is 2. The van der Waals surface area contributed by atoms with Crippen LogP contribution in [0.3, 0.4) is 0 Å². The summed E-state index contributed by atoms with van der Waals surface area (Å²) in [7, 11) is 0. The Bertz CT molecular complexity index is 1390. The maximum Gasteiger partial charge on any atom is 0.343 e. The summed E-state index contributed by atoms with van der Waals surface area (Å²) in [4.78, 5) is 41.1. The zero-order chi connectivity index (χ0) is 21.9. The van der Waals surface area contributed by atoms with Crippen LogP contribution in [0.25, 0.3) is 28.4 Å². The molecule has 31 heavy (non-hydrogen) atoms. The number of cyclic esters (lactones) is 1. The van der Waals surface area contributed by atoms with Gasteiger partial charge >= 0.3 is 11.9 Å². The molecule has 2 aliphatic rings. The number of aliphatic carboxylic acids is 1. The number of esters is 1. The third-order valence-electron chi connectivity index (χ3n) is 5.99. The van der Waals surface area contributed by atoms with Crippen molar-refractivity contribution in [3.63, 3.8) is 0 Å². The monoisotopic (exact) mass is 418 g/mol. The van der Waals surface area contributed by atoms with Gasteiger partial charge in [-0.3, -0.25) is 4.79 Å². The number of carboxylic acid groups (broad SMARTS) is 1. The van der Waals surface area contributed by atoms with E-state index in [9.17, 15) is 19.5 Å². The van der Waals surface area contributed by atoms with Crippen molar-refractivity contribution in [2.45, 2.75) is 32.1 Å². The van der Waals surface area contributed by atoms with Gasteiger partial charge in [-0.05, 0) is 36.3 Å². The number of hydrogen-bond donors (Lipinski definition) is 2. The van der Waals surface area contributed by atoms with Gasteiger partial charge in [-0.15, -0.1) is 0 Å². The Morgan fingerprint density at radius 1 is 1.32 bits per heavy atom. The number of rotatable bonds is 3. The number of carboxylic acids is 1. The first-order valence-electron chi connectivity index (χ1n) is 9.84. The van der Waals surface area contributed by atoms with E-state index in [2.05, 4.69) is 0 Å². The SMILES string of the molecule is CC[C@@]1(O)C(=O)OCc2c1cc1n(c2=O)Cc2cc3c(C=CC(=O)O)cccc3nc2-1. The molecule has 0 unspecified atom stereocenters. The highest BCUT2D eigenvalue weighted by atomic mass is 16.6. The van der Waals surface area contributed by atoms with Crippen molar-refractivity contribution in [1.29, 1.82) is 0 Å². The average Bonchev–Trinajstić information content (AvgIpc) is 3.11. The van der Waals surface area contributed by atoms with Gasteiger partial charge in [0.05, 0.1) is 29.0 Å². The molecule has 0 aliphatic carbocycles. The highest BCUT2D eigenvalue weighted by molar-refractivity contribution is 5.94. The minimum atomic E-state index is -1.86. The molecule has 2 N–H and O–H groups in total. The normalized spacial score (nSPS) is 19.2. The van der Waals surface area contributed by atoms with Gasteiger partial charge in [-0.2, -0.15) is 0 Å². The Labute approximate surface area is 176 Å². The van der Waals surface area contributed by atoms with Crippen LogP contribution >= 0.6 is 0 Å². The molecule has 0 spiro atoms. The van der Waals surface area contributed by atoms with Gasteiger partial charge < -0.3 is 19.5 Å². The molecule has 0 amide bonds. The fourth-order valence-electron chi connectivity index (χ4n) is 4.33. The van der Waals surface area contributed by atoms with E-state index in [1.54, 1.807) is 29.7 Å². The Morgan fingerprint density at radius 2 is 2.13 bits per heavy atom. The number of fused-ring (bicyclic) bond motifs is 5. The number of ether oxygens (including phenoxy) is 1. The molecule has 0 bridgehead atoms. The molecule has 5 rings (SSSR count). The molecular formula is C23H18N2O6. The lowest BCUT2D eigenvalue weighted by Crippen LogP contribution is -2.44. The van der Waals surface area contributed by atoms with Crippen molar-refractivity contribution in [3.8, 4) is 11.4 Å². The van der Waals surface area contributed by atoms with Crippen molar-refractivity contribution < 1.29 is 24.5 Å². The predicted octanol–water partition coefficient (Wildman–Crippen LogP) is 2.18. The summed E-state index contributed by atoms with van der Waals surface area (Å²) >= 11 is 0. The van der Waals surface area contributed by atoms with Gasteiger partial charge in [0.2, 0.25) is 0 Å². The lowest BCUT2D eigenvalue weighted by molar-refractivity contribution is -0.172. The van der Waals surface area contributed by atoms with Crippen LogP contribution < -0.4 is 5.56 Å². The number of benzene rings is 1. The minimum absolute atomic E-state index is 0.0823. The fourth-order valence-corrected chi connectivity index (χ4v) is 4.33. The molecule has 3 aromatic rings. The Morgan fingerprint density at radius 3 is 2.87 bits per heavy atom. The second-order valence-electron chi connectivity index (χ2n) is 7.68. The molecule has 8 heteroatoms. The predicted molar refractivity (Wildman–Crippen MR) is 111 cm³/mol. The van der Waals surface area contributed by atoms with E-state index in [1.807, 2.05) is 12.1 Å². The first-order chi connectivity index (χ1) is 14.8. The molecule has 1 atom stereocenters. The summed E-state index contributed by atoms with van der Waals surface area (Å²) in [6.07, 6.45) is 2.66. The second kappa shape index (κ2) is 6.61. The fraction of sp³-hybridized carbons (Fsp3) is 0.217. The largest absolute Gasteiger partial charge is 0.478 e. The average molecular weight is 418 g/mol. The van der Waals surface area contributed by atoms with E-state index in [4.69, 9.17) is 14.8 Å². The molecule has 156 valence electrons. The van der Waals surface area contributed by atoms with Crippen molar-refractivity contribution in [1.82, 2.24) is 9.55 Å². The van der Waals surface area contributed by atoms with E-state index in [-0.39, 0.29) is 36.3 Å². The van der Waals surface area contributed by atoms with Crippen LogP contribution in [-0.4, -0.2) is 31.7 Å². The number of carbonyl (C=O) groups excluding carboxylic acids is 1. The van der Waals surface area contributed by atoms with E-state index in [0.29, 0.717) is 22.5 Å². The highest BCUT2D eigenvalue weighted by Crippen LogP contribution is 2.38. The molecule has 0 saturated carbocycles. The summed E-state index contributed by atoms with van der Waals surface area (Å²) in [6.45, 7) is 1.77. The van der Waals surface area contributed by atoms with E-state index in [1.165, 1.54) is 6.08 Å². The molecule has 0 fully saturated rings. The highest BCUT2D eigenvalue weighted by Gasteiger charge is 2.45. The maximum atomic E-state index is 13.2. The van der Waals surface area contributed by atoms with Gasteiger partial charge in [0, 0.05) is 22.6 Å². The molecular weight excluding hydrogens is 400 g/mol. The number of hydrogen-bond acceptors (Lipinski definition) is 6. The van der Waals surface area contributed by atoms with Crippen molar-refractivity contribution in [2.24, 2.45) is 0 Å². The summed E-state index contributed by atoms with van der Waals surface area (Å²) in [6, 6.07) is 8.96. The third kappa shape index (κ3) is 2.72. The van der Waals surface area contributed by atoms with Gasteiger partial charge in [-0.25, -0.2) is 14.6 Å². The molecule has 4 heterocycles. The van der Waals surface area contributed by atoms with Crippen LogP contribution in [0.4, 0.5) is 0 Å². The van der Waals surface area contributed by atoms with Crippen LogP contribution in [0.1, 0.15) is 35.6 Å². The van der Waals surface area contributed by atoms with Crippen LogP contribution in [0, 0.1) is 0 Å². The molecule has 8 nitrogen and oxygen atoms in total. The van der Waals surface area contributed by atoms with E-state index in [0.717, 1.165) is 17.0 Å². The van der Waals surface area contributed by atoms with Gasteiger partial charge in [0.25, 0.3) is 5.56 Å². The molecule has 0 saturated heterocycles. The van der Waals surface area contributed by atoms with Crippen LogP contribution in [-0.2, 0) is 33.1 Å². The van der Waals surface area contributed by atoms with E-state index < -0.39 is 17.5 Å². The maximum absolute atomic E-state index is 13.2. The van der Waals surface area contributed by atoms with E-state index >= 15 is 0 Å². The minimum Gasteiger partial charge on any atom is -0.478 e. The zero-order valence-corrected chi connectivity index (χ0v) is 16.6. The summed E-state index contributed by atoms with van der Waals surface area (Å²) < 4.78 is 6.65. The van der Waals surface area contributed by atoms with Crippen LogP contribution in [0.15, 0.2) is 41.2 Å². The first-order valence-corrected chi connectivity index (χ1v) is 9.84. The third-order valence-corrected chi connectivity index (χ3v) is 5.99. The molecule has 1 aromatic carbocycles. The van der Waals surface area contributed by atoms with Crippen LogP contribution in [0.2, 0.25) is 0 Å². The first kappa shape index (κ1) is 19.2. The quantitative estimate of drug-likeness (QED) is 0.387. The number of aliphatic hydroxyl groups is 1. The summed E-state index contributed by atoms with van der Waals surface area (Å²) in [5.74, 6) is -1.80. The zero-order valence-electron chi connectivity index (χ0n) is 16.6. The number of nitrogens with zero attached hydrogens (tertiary/aromatic N) is 2. The molecule has 2 aliphatic heterocycles. The van der Waals surface area contributed by atoms with Crippen molar-refractivity contribution in [2.75, 3.05) is 0 Å². The van der Waals surface area contributed by atoms with Crippen LogP contribution in [0.5, 0.6) is 0 Å². The number of aromatic nitrogens is 2. The smallest absolute Gasteiger partial charge is 0.343 e. The topological polar surface area (TPSA) is 119 Å². The molecule has 0 radical (unpaired) electrons. The van der Waals surface area contributed by atoms with Gasteiger partial charge in [0.1, 0.15) is 6.61 Å². The summed E-state index contributed by atoms with van der Waals surface area (Å²) in [5.41, 5.74) is 1.66. The Kier molecular flexibility index (Phi) is 4.10. The van der Waals surface area contributed by atoms with Gasteiger partial charge in [0.15, 0.2) is 5.60 Å². The summed E-state index contributed by atoms with van der Waals surface area (Å²) in [5, 5.41) is 20.6. The van der Waals surface area contributed by atoms with Crippen molar-refractivity contribution in [3.05, 3.63) is 69.0 Å². The Balaban J connectivity index is 1.73. The van der Waals surface area contributed by atoms with Crippen molar-refractivity contribution >= 4 is 28.9 Å².